The third-order valence-corrected chi connectivity index (χ3v) is 3.24. The molecule has 0 aliphatic carbocycles. The van der Waals surface area contributed by atoms with Gasteiger partial charge in [-0.1, -0.05) is 0 Å². The average molecular weight is 250 g/mol. The highest BCUT2D eigenvalue weighted by Crippen LogP contribution is 2.26. The molecule has 0 amide bonds. The van der Waals surface area contributed by atoms with Crippen molar-refractivity contribution in [2.75, 3.05) is 39.1 Å². The van der Waals surface area contributed by atoms with Gasteiger partial charge in [0.1, 0.15) is 18.5 Å². The molecule has 18 heavy (non-hydrogen) atoms. The Bertz CT molecular complexity index is 397. The molecule has 0 saturated carbocycles. The van der Waals surface area contributed by atoms with E-state index < -0.39 is 0 Å². The number of morpholine rings is 1. The minimum absolute atomic E-state index is 0.153. The van der Waals surface area contributed by atoms with Crippen molar-refractivity contribution in [2.45, 2.75) is 20.0 Å². The van der Waals surface area contributed by atoms with Crippen LogP contribution < -0.4 is 10.5 Å². The van der Waals surface area contributed by atoms with Gasteiger partial charge in [-0.3, -0.25) is 0 Å². The second kappa shape index (κ2) is 5.59. The molecule has 0 bridgehead atoms. The normalized spacial score (nSPS) is 20.9. The van der Waals surface area contributed by atoms with Gasteiger partial charge in [0.15, 0.2) is 0 Å². The molecule has 1 fully saturated rings. The van der Waals surface area contributed by atoms with Gasteiger partial charge < -0.3 is 20.1 Å². The summed E-state index contributed by atoms with van der Waals surface area (Å²) in [5.74, 6) is 0.932. The molecular weight excluding hydrogens is 228 g/mol. The maximum absolute atomic E-state index is 5.90. The lowest BCUT2D eigenvalue weighted by molar-refractivity contribution is -0.0405. The molecule has 1 aliphatic rings. The Kier molecular flexibility index (Phi) is 4.09. The fourth-order valence-corrected chi connectivity index (χ4v) is 2.36. The van der Waals surface area contributed by atoms with E-state index >= 15 is 0 Å². The lowest BCUT2D eigenvalue weighted by atomic mass is 10.1. The number of rotatable bonds is 3. The highest BCUT2D eigenvalue weighted by atomic mass is 16.5. The molecule has 1 aliphatic heterocycles. The lowest BCUT2D eigenvalue weighted by Crippen LogP contribution is -2.42. The molecule has 2 N–H and O–H groups in total. The minimum atomic E-state index is 0.153. The lowest BCUT2D eigenvalue weighted by Gasteiger charge is -2.30. The Morgan fingerprint density at radius 1 is 1.39 bits per heavy atom. The zero-order valence-electron chi connectivity index (χ0n) is 11.4. The van der Waals surface area contributed by atoms with Crippen molar-refractivity contribution in [3.63, 3.8) is 0 Å². The quantitative estimate of drug-likeness (QED) is 0.828. The van der Waals surface area contributed by atoms with E-state index in [-0.39, 0.29) is 6.10 Å². The monoisotopic (exact) mass is 250 g/mol. The Balaban J connectivity index is 1.97. The van der Waals surface area contributed by atoms with E-state index in [1.54, 1.807) is 0 Å². The van der Waals surface area contributed by atoms with Crippen LogP contribution in [0.25, 0.3) is 0 Å². The van der Waals surface area contributed by atoms with E-state index in [0.717, 1.165) is 42.3 Å². The summed E-state index contributed by atoms with van der Waals surface area (Å²) in [4.78, 5) is 2.26. The number of nitrogens with two attached hydrogens (primary N) is 1. The summed E-state index contributed by atoms with van der Waals surface area (Å²) in [6.45, 7) is 7.34. The number of nitrogens with zero attached hydrogens (tertiary/aromatic N) is 1. The van der Waals surface area contributed by atoms with Crippen LogP contribution in [-0.2, 0) is 4.74 Å². The van der Waals surface area contributed by atoms with Crippen molar-refractivity contribution in [3.8, 4) is 5.75 Å². The van der Waals surface area contributed by atoms with E-state index in [1.807, 2.05) is 26.0 Å². The SMILES string of the molecule is Cc1cc(N)cc(C)c1OCC1CN(C)CCO1. The van der Waals surface area contributed by atoms with Crippen molar-refractivity contribution in [1.82, 2.24) is 4.90 Å². The first-order chi connectivity index (χ1) is 8.56. The number of likely N-dealkylation sites (N-methyl/N-ethyl adjacent to an activating group) is 1. The summed E-state index contributed by atoms with van der Waals surface area (Å²) in [6.07, 6.45) is 0.153. The summed E-state index contributed by atoms with van der Waals surface area (Å²) < 4.78 is 11.6. The van der Waals surface area contributed by atoms with E-state index in [9.17, 15) is 0 Å². The van der Waals surface area contributed by atoms with Crippen LogP contribution >= 0.6 is 0 Å². The van der Waals surface area contributed by atoms with Gasteiger partial charge in [-0.15, -0.1) is 0 Å². The smallest absolute Gasteiger partial charge is 0.125 e. The molecule has 0 radical (unpaired) electrons. The maximum Gasteiger partial charge on any atom is 0.125 e. The van der Waals surface area contributed by atoms with Crippen molar-refractivity contribution in [1.29, 1.82) is 0 Å². The second-order valence-electron chi connectivity index (χ2n) is 5.05. The van der Waals surface area contributed by atoms with E-state index in [1.165, 1.54) is 0 Å². The van der Waals surface area contributed by atoms with Gasteiger partial charge >= 0.3 is 0 Å². The van der Waals surface area contributed by atoms with Crippen molar-refractivity contribution in [2.24, 2.45) is 0 Å². The Hall–Kier alpha value is -1.26. The van der Waals surface area contributed by atoms with Gasteiger partial charge in [-0.2, -0.15) is 0 Å². The molecule has 2 rings (SSSR count). The molecule has 1 heterocycles. The first-order valence-corrected chi connectivity index (χ1v) is 6.36. The number of anilines is 1. The van der Waals surface area contributed by atoms with Gasteiger partial charge in [0, 0.05) is 18.8 Å². The summed E-state index contributed by atoms with van der Waals surface area (Å²) in [6, 6.07) is 3.88. The first kappa shape index (κ1) is 13.2. The predicted molar refractivity (Wildman–Crippen MR) is 73.1 cm³/mol. The van der Waals surface area contributed by atoms with Crippen LogP contribution in [-0.4, -0.2) is 44.4 Å². The van der Waals surface area contributed by atoms with Crippen molar-refractivity contribution in [3.05, 3.63) is 23.3 Å². The number of nitrogen functional groups attached to an aromatic ring is 1. The molecule has 0 spiro atoms. The van der Waals surface area contributed by atoms with Gasteiger partial charge in [0.05, 0.1) is 6.61 Å². The largest absolute Gasteiger partial charge is 0.490 e. The van der Waals surface area contributed by atoms with Gasteiger partial charge in [0.25, 0.3) is 0 Å². The highest BCUT2D eigenvalue weighted by Gasteiger charge is 2.18. The zero-order valence-corrected chi connectivity index (χ0v) is 11.4. The molecule has 1 aromatic carbocycles. The van der Waals surface area contributed by atoms with Crippen LogP contribution in [0.2, 0.25) is 0 Å². The minimum Gasteiger partial charge on any atom is -0.490 e. The number of aryl methyl sites for hydroxylation is 2. The van der Waals surface area contributed by atoms with Crippen LogP contribution in [0.15, 0.2) is 12.1 Å². The number of hydrogen-bond donors (Lipinski definition) is 1. The average Bonchev–Trinajstić information content (AvgIpc) is 2.27. The first-order valence-electron chi connectivity index (χ1n) is 6.36. The molecule has 4 heteroatoms. The van der Waals surface area contributed by atoms with Crippen molar-refractivity contribution < 1.29 is 9.47 Å². The fraction of sp³-hybridized carbons (Fsp3) is 0.571. The number of benzene rings is 1. The third-order valence-electron chi connectivity index (χ3n) is 3.24. The van der Waals surface area contributed by atoms with Gasteiger partial charge in [0.2, 0.25) is 0 Å². The Labute approximate surface area is 109 Å². The van der Waals surface area contributed by atoms with Crippen molar-refractivity contribution >= 4 is 5.69 Å². The molecule has 1 saturated heterocycles. The number of hydrogen-bond acceptors (Lipinski definition) is 4. The van der Waals surface area contributed by atoms with E-state index in [4.69, 9.17) is 15.2 Å². The standard InChI is InChI=1S/C14H22N2O2/c1-10-6-12(15)7-11(2)14(10)18-9-13-8-16(3)4-5-17-13/h6-7,13H,4-5,8-9,15H2,1-3H3. The van der Waals surface area contributed by atoms with Gasteiger partial charge in [-0.25, -0.2) is 0 Å². The van der Waals surface area contributed by atoms with Crippen LogP contribution in [0.1, 0.15) is 11.1 Å². The Morgan fingerprint density at radius 3 is 2.67 bits per heavy atom. The third kappa shape index (κ3) is 3.15. The van der Waals surface area contributed by atoms with Crippen LogP contribution in [0, 0.1) is 13.8 Å². The second-order valence-corrected chi connectivity index (χ2v) is 5.05. The zero-order chi connectivity index (χ0) is 13.1. The highest BCUT2D eigenvalue weighted by molar-refractivity contribution is 5.52. The molecule has 100 valence electrons. The Morgan fingerprint density at radius 2 is 2.06 bits per heavy atom. The molecule has 1 aromatic rings. The molecular formula is C14H22N2O2. The van der Waals surface area contributed by atoms with Crippen LogP contribution in [0.3, 0.4) is 0 Å². The molecule has 4 nitrogen and oxygen atoms in total. The maximum atomic E-state index is 5.90. The van der Waals surface area contributed by atoms with E-state index in [0.29, 0.717) is 6.61 Å². The summed E-state index contributed by atoms with van der Waals surface area (Å²) in [7, 11) is 2.11. The van der Waals surface area contributed by atoms with Crippen LogP contribution in [0.4, 0.5) is 5.69 Å². The summed E-state index contributed by atoms with van der Waals surface area (Å²) >= 11 is 0. The van der Waals surface area contributed by atoms with Crippen LogP contribution in [0.5, 0.6) is 5.75 Å². The molecule has 1 atom stereocenters. The topological polar surface area (TPSA) is 47.7 Å². The van der Waals surface area contributed by atoms with E-state index in [2.05, 4.69) is 11.9 Å². The molecule has 0 aromatic heterocycles. The summed E-state index contributed by atoms with van der Waals surface area (Å²) in [5.41, 5.74) is 8.74. The van der Waals surface area contributed by atoms with Gasteiger partial charge in [-0.05, 0) is 44.2 Å². The molecule has 1 unspecified atom stereocenters. The fourth-order valence-electron chi connectivity index (χ4n) is 2.36. The summed E-state index contributed by atoms with van der Waals surface area (Å²) in [5, 5.41) is 0. The predicted octanol–water partition coefficient (Wildman–Crippen LogP) is 1.60. The number of ether oxygens (including phenoxy) is 2.